The molecule has 0 fully saturated rings. The first kappa shape index (κ1) is 12.3. The van der Waals surface area contributed by atoms with E-state index in [-0.39, 0.29) is 11.6 Å². The van der Waals surface area contributed by atoms with Crippen LogP contribution in [0, 0.1) is 0 Å². The van der Waals surface area contributed by atoms with E-state index in [0.717, 1.165) is 12.0 Å². The van der Waals surface area contributed by atoms with Crippen LogP contribution in [0.25, 0.3) is 0 Å². The van der Waals surface area contributed by atoms with Gasteiger partial charge in [-0.1, -0.05) is 6.92 Å². The normalized spacial score (nSPS) is 14.5. The average molecular weight is 210 g/mol. The summed E-state index contributed by atoms with van der Waals surface area (Å²) in [6.07, 6.45) is 4.57. The Kier molecular flexibility index (Phi) is 3.94. The molecule has 0 aliphatic heterocycles. The van der Waals surface area contributed by atoms with Crippen molar-refractivity contribution in [3.63, 3.8) is 0 Å². The summed E-state index contributed by atoms with van der Waals surface area (Å²) in [6.45, 7) is 7.27. The number of nitrogens with two attached hydrogens (primary N) is 1. The Morgan fingerprint density at radius 3 is 2.60 bits per heavy atom. The maximum atomic E-state index is 5.83. The van der Waals surface area contributed by atoms with Crippen molar-refractivity contribution in [3.8, 4) is 0 Å². The number of rotatable bonds is 5. The van der Waals surface area contributed by atoms with Crippen LogP contribution in [0.2, 0.25) is 0 Å². The first-order chi connectivity index (χ1) is 7.03. The monoisotopic (exact) mass is 210 g/mol. The highest BCUT2D eigenvalue weighted by molar-refractivity contribution is 5.13. The minimum atomic E-state index is 0.154. The zero-order valence-corrected chi connectivity index (χ0v) is 10.2. The molecule has 1 heterocycles. The third kappa shape index (κ3) is 2.61. The summed E-state index contributed by atoms with van der Waals surface area (Å²) in [7, 11) is 2.12. The molecule has 0 radical (unpaired) electrons. The smallest absolute Gasteiger partial charge is 0.0950 e. The molecule has 3 nitrogen and oxygen atoms in total. The van der Waals surface area contributed by atoms with Gasteiger partial charge in [0.05, 0.1) is 18.6 Å². The lowest BCUT2D eigenvalue weighted by atomic mass is 9.96. The molecule has 0 saturated carbocycles. The maximum absolute atomic E-state index is 5.83. The van der Waals surface area contributed by atoms with Crippen LogP contribution in [0.15, 0.2) is 23.0 Å². The Morgan fingerprint density at radius 1 is 1.53 bits per heavy atom. The Hall–Kier alpha value is -0.800. The van der Waals surface area contributed by atoms with E-state index in [0.29, 0.717) is 6.54 Å². The third-order valence-electron chi connectivity index (χ3n) is 3.44. The van der Waals surface area contributed by atoms with Gasteiger partial charge in [-0.05, 0) is 33.4 Å². The van der Waals surface area contributed by atoms with Gasteiger partial charge in [0.2, 0.25) is 0 Å². The molecule has 3 heteroatoms. The number of likely N-dealkylation sites (N-methyl/N-ethyl adjacent to an activating group) is 1. The number of hydrogen-bond acceptors (Lipinski definition) is 3. The van der Waals surface area contributed by atoms with Crippen molar-refractivity contribution >= 4 is 0 Å². The quantitative estimate of drug-likeness (QED) is 0.811. The Balaban J connectivity index is 2.84. The second-order valence-electron chi connectivity index (χ2n) is 4.59. The van der Waals surface area contributed by atoms with Gasteiger partial charge in [-0.3, -0.25) is 4.90 Å². The lowest BCUT2D eigenvalue weighted by molar-refractivity contribution is 0.100. The van der Waals surface area contributed by atoms with Gasteiger partial charge in [0.15, 0.2) is 0 Å². The van der Waals surface area contributed by atoms with Crippen molar-refractivity contribution < 1.29 is 4.42 Å². The lowest BCUT2D eigenvalue weighted by Crippen LogP contribution is -2.45. The first-order valence-electron chi connectivity index (χ1n) is 5.48. The first-order valence-corrected chi connectivity index (χ1v) is 5.48. The van der Waals surface area contributed by atoms with Crippen LogP contribution in [-0.4, -0.2) is 24.0 Å². The van der Waals surface area contributed by atoms with E-state index in [4.69, 9.17) is 10.2 Å². The summed E-state index contributed by atoms with van der Waals surface area (Å²) >= 11 is 0. The molecule has 0 aliphatic rings. The predicted molar refractivity (Wildman–Crippen MR) is 62.6 cm³/mol. The van der Waals surface area contributed by atoms with Crippen molar-refractivity contribution in [1.29, 1.82) is 0 Å². The standard InChI is InChI=1S/C12H22N2O/c1-5-12(2,3)14(4)11(8-13)10-6-7-15-9-10/h6-7,9,11H,5,8,13H2,1-4H3. The second-order valence-corrected chi connectivity index (χ2v) is 4.59. The van der Waals surface area contributed by atoms with Crippen LogP contribution < -0.4 is 5.73 Å². The average Bonchev–Trinajstić information content (AvgIpc) is 2.72. The molecular weight excluding hydrogens is 188 g/mol. The Bertz CT molecular complexity index is 280. The summed E-state index contributed by atoms with van der Waals surface area (Å²) in [5.74, 6) is 0. The fourth-order valence-electron chi connectivity index (χ4n) is 1.65. The van der Waals surface area contributed by atoms with E-state index in [1.54, 1.807) is 12.5 Å². The molecule has 1 unspecified atom stereocenters. The van der Waals surface area contributed by atoms with Gasteiger partial charge in [-0.15, -0.1) is 0 Å². The van der Waals surface area contributed by atoms with Crippen LogP contribution in [0.5, 0.6) is 0 Å². The SMILES string of the molecule is CCC(C)(C)N(C)C(CN)c1ccoc1. The molecule has 0 saturated heterocycles. The minimum absolute atomic E-state index is 0.154. The number of hydrogen-bond donors (Lipinski definition) is 1. The molecule has 1 rings (SSSR count). The van der Waals surface area contributed by atoms with E-state index in [1.165, 1.54) is 0 Å². The van der Waals surface area contributed by atoms with Crippen molar-refractivity contribution in [2.45, 2.75) is 38.8 Å². The van der Waals surface area contributed by atoms with E-state index >= 15 is 0 Å². The fraction of sp³-hybridized carbons (Fsp3) is 0.667. The van der Waals surface area contributed by atoms with Crippen LogP contribution in [0.3, 0.4) is 0 Å². The Labute approximate surface area is 92.2 Å². The van der Waals surface area contributed by atoms with Crippen molar-refractivity contribution in [2.75, 3.05) is 13.6 Å². The van der Waals surface area contributed by atoms with E-state index in [9.17, 15) is 0 Å². The van der Waals surface area contributed by atoms with Gasteiger partial charge >= 0.3 is 0 Å². The highest BCUT2D eigenvalue weighted by Crippen LogP contribution is 2.27. The molecule has 1 aromatic heterocycles. The van der Waals surface area contributed by atoms with Crippen molar-refractivity contribution in [3.05, 3.63) is 24.2 Å². The number of furan rings is 1. The third-order valence-corrected chi connectivity index (χ3v) is 3.44. The summed E-state index contributed by atoms with van der Waals surface area (Å²) in [5, 5.41) is 0. The molecule has 0 bridgehead atoms. The maximum Gasteiger partial charge on any atom is 0.0950 e. The molecular formula is C12H22N2O. The van der Waals surface area contributed by atoms with Gasteiger partial charge in [0, 0.05) is 17.6 Å². The predicted octanol–water partition coefficient (Wildman–Crippen LogP) is 2.40. The number of nitrogens with zero attached hydrogens (tertiary/aromatic N) is 1. The largest absolute Gasteiger partial charge is 0.472 e. The summed E-state index contributed by atoms with van der Waals surface area (Å²) < 4.78 is 5.11. The molecule has 1 atom stereocenters. The van der Waals surface area contributed by atoms with Crippen molar-refractivity contribution in [2.24, 2.45) is 5.73 Å². The highest BCUT2D eigenvalue weighted by Gasteiger charge is 2.28. The topological polar surface area (TPSA) is 42.4 Å². The zero-order chi connectivity index (χ0) is 11.5. The van der Waals surface area contributed by atoms with Gasteiger partial charge in [0.25, 0.3) is 0 Å². The van der Waals surface area contributed by atoms with Gasteiger partial charge in [-0.2, -0.15) is 0 Å². The van der Waals surface area contributed by atoms with E-state index < -0.39 is 0 Å². The molecule has 0 amide bonds. The zero-order valence-electron chi connectivity index (χ0n) is 10.2. The summed E-state index contributed by atoms with van der Waals surface area (Å²) in [6, 6.07) is 2.22. The molecule has 1 aromatic rings. The second kappa shape index (κ2) is 4.81. The molecule has 0 aromatic carbocycles. The van der Waals surface area contributed by atoms with Crippen LogP contribution in [0.1, 0.15) is 38.8 Å². The van der Waals surface area contributed by atoms with Gasteiger partial charge in [0.1, 0.15) is 0 Å². The Morgan fingerprint density at radius 2 is 2.20 bits per heavy atom. The van der Waals surface area contributed by atoms with E-state index in [1.807, 2.05) is 6.07 Å². The molecule has 15 heavy (non-hydrogen) atoms. The summed E-state index contributed by atoms with van der Waals surface area (Å²) in [5.41, 5.74) is 7.14. The minimum Gasteiger partial charge on any atom is -0.472 e. The molecule has 2 N–H and O–H groups in total. The van der Waals surface area contributed by atoms with Crippen LogP contribution in [0.4, 0.5) is 0 Å². The van der Waals surface area contributed by atoms with Gasteiger partial charge < -0.3 is 10.2 Å². The molecule has 0 aliphatic carbocycles. The molecule has 0 spiro atoms. The molecule has 86 valence electrons. The highest BCUT2D eigenvalue weighted by atomic mass is 16.3. The summed E-state index contributed by atoms with van der Waals surface area (Å²) in [4.78, 5) is 2.32. The van der Waals surface area contributed by atoms with Crippen molar-refractivity contribution in [1.82, 2.24) is 4.90 Å². The fourth-order valence-corrected chi connectivity index (χ4v) is 1.65. The lowest BCUT2D eigenvalue weighted by Gasteiger charge is -2.40. The van der Waals surface area contributed by atoms with Gasteiger partial charge in [-0.25, -0.2) is 0 Å². The van der Waals surface area contributed by atoms with E-state index in [2.05, 4.69) is 32.7 Å². The van der Waals surface area contributed by atoms with Crippen LogP contribution in [-0.2, 0) is 0 Å². The van der Waals surface area contributed by atoms with Crippen LogP contribution >= 0.6 is 0 Å².